The molecule has 0 aliphatic heterocycles. The van der Waals surface area contributed by atoms with Gasteiger partial charge in [-0.25, -0.2) is 4.99 Å². The minimum atomic E-state index is -0.0787. The molecule has 72 valence electrons. The van der Waals surface area contributed by atoms with Crippen molar-refractivity contribution in [3.8, 4) is 5.75 Å². The van der Waals surface area contributed by atoms with Crippen molar-refractivity contribution in [2.24, 2.45) is 4.99 Å². The number of ether oxygens (including phenoxy) is 1. The summed E-state index contributed by atoms with van der Waals surface area (Å²) in [5, 5.41) is 2.15. The van der Waals surface area contributed by atoms with Crippen LogP contribution in [0.1, 0.15) is 10.4 Å². The van der Waals surface area contributed by atoms with Gasteiger partial charge in [-0.1, -0.05) is 0 Å². The molecule has 3 nitrogen and oxygen atoms in total. The van der Waals surface area contributed by atoms with Crippen molar-refractivity contribution in [1.29, 1.82) is 0 Å². The summed E-state index contributed by atoms with van der Waals surface area (Å²) in [6, 6.07) is 6.85. The van der Waals surface area contributed by atoms with E-state index in [0.717, 1.165) is 5.75 Å². The Kier molecular flexibility index (Phi) is 3.98. The van der Waals surface area contributed by atoms with Crippen molar-refractivity contribution >= 4 is 23.2 Å². The lowest BCUT2D eigenvalue weighted by Crippen LogP contribution is -2.02. The normalized spacial score (nSPS) is 8.93. The quantitative estimate of drug-likeness (QED) is 0.430. The van der Waals surface area contributed by atoms with Gasteiger partial charge in [0.2, 0.25) is 0 Å². The van der Waals surface area contributed by atoms with Gasteiger partial charge < -0.3 is 4.74 Å². The van der Waals surface area contributed by atoms with Crippen LogP contribution < -0.4 is 4.74 Å². The van der Waals surface area contributed by atoms with Crippen molar-refractivity contribution in [2.45, 2.75) is 0 Å². The first-order valence-electron chi connectivity index (χ1n) is 3.99. The van der Waals surface area contributed by atoms with E-state index in [2.05, 4.69) is 22.4 Å². The fourth-order valence-corrected chi connectivity index (χ4v) is 1.04. The molecule has 14 heavy (non-hydrogen) atoms. The summed E-state index contributed by atoms with van der Waals surface area (Å²) in [6.07, 6.45) is 0. The molecule has 0 saturated carbocycles. The van der Waals surface area contributed by atoms with Gasteiger partial charge in [0.05, 0.1) is 12.3 Å². The van der Waals surface area contributed by atoms with E-state index in [-0.39, 0.29) is 12.3 Å². The number of hydrogen-bond acceptors (Lipinski definition) is 4. The third kappa shape index (κ3) is 2.76. The minimum absolute atomic E-state index is 0.0514. The summed E-state index contributed by atoms with van der Waals surface area (Å²) < 4.78 is 4.97. The van der Waals surface area contributed by atoms with Crippen LogP contribution in [-0.4, -0.2) is 24.6 Å². The fourth-order valence-electron chi connectivity index (χ4n) is 0.972. The SMILES string of the molecule is COc1ccc(C(=O)CN=C=S)cc1. The molecule has 0 heterocycles. The van der Waals surface area contributed by atoms with E-state index in [1.807, 2.05) is 0 Å². The van der Waals surface area contributed by atoms with Crippen molar-refractivity contribution in [2.75, 3.05) is 13.7 Å². The zero-order valence-electron chi connectivity index (χ0n) is 7.69. The Morgan fingerprint density at radius 3 is 2.64 bits per heavy atom. The minimum Gasteiger partial charge on any atom is -0.497 e. The number of carbonyl (C=O) groups is 1. The van der Waals surface area contributed by atoms with Crippen LogP contribution in [0, 0.1) is 0 Å². The first kappa shape index (κ1) is 10.6. The van der Waals surface area contributed by atoms with Gasteiger partial charge in [-0.05, 0) is 36.5 Å². The van der Waals surface area contributed by atoms with E-state index in [1.54, 1.807) is 31.4 Å². The highest BCUT2D eigenvalue weighted by Gasteiger charge is 2.03. The molecule has 1 aromatic carbocycles. The summed E-state index contributed by atoms with van der Waals surface area (Å²) in [5.74, 6) is 0.643. The number of nitrogens with zero attached hydrogens (tertiary/aromatic N) is 1. The van der Waals surface area contributed by atoms with Gasteiger partial charge in [-0.2, -0.15) is 0 Å². The second kappa shape index (κ2) is 5.27. The summed E-state index contributed by atoms with van der Waals surface area (Å²) in [5.41, 5.74) is 0.597. The van der Waals surface area contributed by atoms with E-state index in [9.17, 15) is 4.79 Å². The van der Waals surface area contributed by atoms with Gasteiger partial charge in [0.15, 0.2) is 5.78 Å². The Morgan fingerprint density at radius 1 is 1.50 bits per heavy atom. The summed E-state index contributed by atoms with van der Waals surface area (Å²) in [7, 11) is 1.58. The predicted octanol–water partition coefficient (Wildman–Crippen LogP) is 1.98. The lowest BCUT2D eigenvalue weighted by atomic mass is 10.1. The standard InChI is InChI=1S/C10H9NO2S/c1-13-9-4-2-8(3-5-9)10(12)6-11-7-14/h2-5H,6H2,1H3. The van der Waals surface area contributed by atoms with Crippen molar-refractivity contribution in [3.63, 3.8) is 0 Å². The molecule has 0 aromatic heterocycles. The number of benzene rings is 1. The molecule has 1 rings (SSSR count). The predicted molar refractivity (Wildman–Crippen MR) is 57.2 cm³/mol. The Morgan fingerprint density at radius 2 is 2.14 bits per heavy atom. The number of Topliss-reactive ketones (excluding diaryl/α,β-unsaturated/α-hetero) is 1. The second-order valence-electron chi connectivity index (χ2n) is 2.56. The Balaban J connectivity index is 2.76. The number of carbonyl (C=O) groups excluding carboxylic acids is 1. The van der Waals surface area contributed by atoms with E-state index in [0.29, 0.717) is 5.56 Å². The number of ketones is 1. The van der Waals surface area contributed by atoms with Gasteiger partial charge in [0.1, 0.15) is 12.3 Å². The average Bonchev–Trinajstić information content (AvgIpc) is 2.26. The molecule has 4 heteroatoms. The van der Waals surface area contributed by atoms with Gasteiger partial charge in [-0.15, -0.1) is 0 Å². The highest BCUT2D eigenvalue weighted by molar-refractivity contribution is 7.78. The maximum absolute atomic E-state index is 11.4. The van der Waals surface area contributed by atoms with Gasteiger partial charge in [0, 0.05) is 5.56 Å². The molecule has 1 aromatic rings. The first-order chi connectivity index (χ1) is 6.77. The number of rotatable bonds is 4. The fraction of sp³-hybridized carbons (Fsp3) is 0.200. The van der Waals surface area contributed by atoms with Crippen molar-refractivity contribution < 1.29 is 9.53 Å². The maximum Gasteiger partial charge on any atom is 0.185 e. The van der Waals surface area contributed by atoms with Crippen LogP contribution in [-0.2, 0) is 0 Å². The van der Waals surface area contributed by atoms with Crippen LogP contribution >= 0.6 is 12.2 Å². The van der Waals surface area contributed by atoms with Crippen LogP contribution in [0.2, 0.25) is 0 Å². The van der Waals surface area contributed by atoms with Crippen molar-refractivity contribution in [1.82, 2.24) is 0 Å². The average molecular weight is 207 g/mol. The molecular formula is C10H9NO2S. The lowest BCUT2D eigenvalue weighted by Gasteiger charge is -2.00. The number of isothiocyanates is 1. The number of thiocarbonyl (C=S) groups is 1. The Labute approximate surface area is 87.4 Å². The molecule has 0 amide bonds. The van der Waals surface area contributed by atoms with Gasteiger partial charge in [-0.3, -0.25) is 4.79 Å². The topological polar surface area (TPSA) is 38.7 Å². The molecule has 0 bridgehead atoms. The summed E-state index contributed by atoms with van der Waals surface area (Å²) >= 11 is 4.37. The molecule has 0 N–H and O–H groups in total. The van der Waals surface area contributed by atoms with Crippen molar-refractivity contribution in [3.05, 3.63) is 29.8 Å². The van der Waals surface area contributed by atoms with Gasteiger partial charge >= 0.3 is 0 Å². The van der Waals surface area contributed by atoms with Crippen LogP contribution in [0.3, 0.4) is 0 Å². The largest absolute Gasteiger partial charge is 0.497 e. The molecule has 0 aliphatic rings. The summed E-state index contributed by atoms with van der Waals surface area (Å²) in [6.45, 7) is 0.0514. The molecule has 0 unspecified atom stereocenters. The number of hydrogen-bond donors (Lipinski definition) is 0. The van der Waals surface area contributed by atoms with E-state index >= 15 is 0 Å². The maximum atomic E-state index is 11.4. The number of methoxy groups -OCH3 is 1. The lowest BCUT2D eigenvalue weighted by molar-refractivity contribution is 0.100. The zero-order chi connectivity index (χ0) is 10.4. The molecule has 0 fully saturated rings. The molecule has 0 saturated heterocycles. The third-order valence-corrected chi connectivity index (χ3v) is 1.83. The number of aliphatic imine (C=N–C) groups is 1. The van der Waals surface area contributed by atoms with Crippen LogP contribution in [0.5, 0.6) is 5.75 Å². The zero-order valence-corrected chi connectivity index (χ0v) is 8.50. The Bertz CT molecular complexity index is 366. The van der Waals surface area contributed by atoms with Crippen LogP contribution in [0.15, 0.2) is 29.3 Å². The molecule has 0 spiro atoms. The van der Waals surface area contributed by atoms with Gasteiger partial charge in [0.25, 0.3) is 0 Å². The van der Waals surface area contributed by atoms with Crippen LogP contribution in [0.25, 0.3) is 0 Å². The van der Waals surface area contributed by atoms with E-state index in [4.69, 9.17) is 4.74 Å². The highest BCUT2D eigenvalue weighted by Crippen LogP contribution is 2.11. The smallest absolute Gasteiger partial charge is 0.185 e. The monoisotopic (exact) mass is 207 g/mol. The Hall–Kier alpha value is -1.51. The second-order valence-corrected chi connectivity index (χ2v) is 2.74. The molecular weight excluding hydrogens is 198 g/mol. The summed E-state index contributed by atoms with van der Waals surface area (Å²) in [4.78, 5) is 15.0. The highest BCUT2D eigenvalue weighted by atomic mass is 32.1. The van der Waals surface area contributed by atoms with E-state index < -0.39 is 0 Å². The molecule has 0 atom stereocenters. The molecule has 0 radical (unpaired) electrons. The van der Waals surface area contributed by atoms with E-state index in [1.165, 1.54) is 0 Å². The third-order valence-electron chi connectivity index (χ3n) is 1.70. The first-order valence-corrected chi connectivity index (χ1v) is 4.39. The molecule has 0 aliphatic carbocycles. The van der Waals surface area contributed by atoms with Crippen LogP contribution in [0.4, 0.5) is 0 Å².